The van der Waals surface area contributed by atoms with E-state index in [2.05, 4.69) is 66.0 Å². The lowest BCUT2D eigenvalue weighted by Gasteiger charge is -2.21. The first-order valence-electron chi connectivity index (χ1n) is 7.22. The maximum atomic E-state index is 3.65. The maximum Gasteiger partial charge on any atom is 0.0372 e. The van der Waals surface area contributed by atoms with Crippen LogP contribution in [0.4, 0.5) is 5.69 Å². The Bertz CT molecular complexity index is 419. The summed E-state index contributed by atoms with van der Waals surface area (Å²) >= 11 is 3.65. The molecule has 1 aliphatic heterocycles. The van der Waals surface area contributed by atoms with Gasteiger partial charge < -0.3 is 10.2 Å². The zero-order chi connectivity index (χ0) is 14.0. The molecule has 3 heteroatoms. The van der Waals surface area contributed by atoms with E-state index in [1.165, 1.54) is 40.8 Å². The van der Waals surface area contributed by atoms with Crippen molar-refractivity contribution in [1.82, 2.24) is 5.32 Å². The molecular weight excluding hydrogens is 300 g/mol. The van der Waals surface area contributed by atoms with E-state index in [1.54, 1.807) is 0 Å². The molecule has 0 spiro atoms. The second-order valence-electron chi connectivity index (χ2n) is 6.06. The zero-order valence-corrected chi connectivity index (χ0v) is 14.0. The molecule has 1 heterocycles. The minimum atomic E-state index is 0.589. The average Bonchev–Trinajstić information content (AvgIpc) is 2.81. The maximum absolute atomic E-state index is 3.65. The molecule has 2 nitrogen and oxygen atoms in total. The summed E-state index contributed by atoms with van der Waals surface area (Å²) in [6.07, 6.45) is 1.30. The summed E-state index contributed by atoms with van der Waals surface area (Å²) < 4.78 is 1.24. The Balaban J connectivity index is 2.01. The lowest BCUT2D eigenvalue weighted by atomic mass is 10.1. The number of aryl methyl sites for hydroxylation is 2. The van der Waals surface area contributed by atoms with E-state index in [4.69, 9.17) is 0 Å². The van der Waals surface area contributed by atoms with Crippen molar-refractivity contribution in [1.29, 1.82) is 0 Å². The van der Waals surface area contributed by atoms with Crippen LogP contribution in [0.3, 0.4) is 0 Å². The van der Waals surface area contributed by atoms with Crippen molar-refractivity contribution in [2.24, 2.45) is 5.92 Å². The molecule has 1 fully saturated rings. The summed E-state index contributed by atoms with van der Waals surface area (Å²) in [6, 6.07) is 5.19. The molecule has 1 atom stereocenters. The molecule has 1 N–H and O–H groups in total. The van der Waals surface area contributed by atoms with Crippen LogP contribution in [0, 0.1) is 19.8 Å². The molecule has 1 aromatic rings. The second kappa shape index (κ2) is 6.27. The van der Waals surface area contributed by atoms with Crippen molar-refractivity contribution < 1.29 is 0 Å². The van der Waals surface area contributed by atoms with Gasteiger partial charge in [0.2, 0.25) is 0 Å². The molecule has 1 saturated heterocycles. The van der Waals surface area contributed by atoms with E-state index < -0.39 is 0 Å². The first kappa shape index (κ1) is 14.9. The van der Waals surface area contributed by atoms with Crippen LogP contribution in [0.25, 0.3) is 0 Å². The number of nitrogens with one attached hydrogen (secondary N) is 1. The number of anilines is 1. The fourth-order valence-corrected chi connectivity index (χ4v) is 2.97. The van der Waals surface area contributed by atoms with Crippen molar-refractivity contribution in [2.45, 2.75) is 40.2 Å². The number of hydrogen-bond donors (Lipinski definition) is 1. The Morgan fingerprint density at radius 3 is 2.53 bits per heavy atom. The van der Waals surface area contributed by atoms with Gasteiger partial charge in [-0.15, -0.1) is 0 Å². The molecule has 0 aliphatic carbocycles. The summed E-state index contributed by atoms with van der Waals surface area (Å²) in [6.45, 7) is 12.3. The molecular formula is C16H25BrN2. The van der Waals surface area contributed by atoms with E-state index in [0.29, 0.717) is 6.04 Å². The molecule has 0 bridgehead atoms. The summed E-state index contributed by atoms with van der Waals surface area (Å²) in [5.41, 5.74) is 4.04. The Kier molecular flexibility index (Phi) is 4.91. The Labute approximate surface area is 125 Å². The minimum Gasteiger partial charge on any atom is -0.371 e. The van der Waals surface area contributed by atoms with Crippen molar-refractivity contribution in [2.75, 3.05) is 24.5 Å². The fraction of sp³-hybridized carbons (Fsp3) is 0.625. The predicted octanol–water partition coefficient (Wildman–Crippen LogP) is 3.89. The summed E-state index contributed by atoms with van der Waals surface area (Å²) in [4.78, 5) is 2.53. The van der Waals surface area contributed by atoms with E-state index in [9.17, 15) is 0 Å². The predicted molar refractivity (Wildman–Crippen MR) is 87.1 cm³/mol. The van der Waals surface area contributed by atoms with E-state index in [1.807, 2.05) is 0 Å². The standard InChI is InChI=1S/C16H25BrN2/c1-11(2)18-9-14-5-6-19(10-14)15-7-12(3)16(17)13(4)8-15/h7-8,11,14,18H,5-6,9-10H2,1-4H3. The van der Waals surface area contributed by atoms with Gasteiger partial charge in [-0.1, -0.05) is 29.8 Å². The van der Waals surface area contributed by atoms with Gasteiger partial charge in [0.05, 0.1) is 0 Å². The SMILES string of the molecule is Cc1cc(N2CCC(CNC(C)C)C2)cc(C)c1Br. The summed E-state index contributed by atoms with van der Waals surface area (Å²) in [5, 5.41) is 3.56. The zero-order valence-electron chi connectivity index (χ0n) is 12.5. The van der Waals surface area contributed by atoms with Gasteiger partial charge in [-0.3, -0.25) is 0 Å². The highest BCUT2D eigenvalue weighted by Crippen LogP contribution is 2.30. The molecule has 2 rings (SSSR count). The van der Waals surface area contributed by atoms with Crippen LogP contribution in [0.5, 0.6) is 0 Å². The molecule has 19 heavy (non-hydrogen) atoms. The molecule has 1 aromatic carbocycles. The van der Waals surface area contributed by atoms with Crippen LogP contribution < -0.4 is 10.2 Å². The van der Waals surface area contributed by atoms with Gasteiger partial charge in [0.15, 0.2) is 0 Å². The quantitative estimate of drug-likeness (QED) is 0.903. The Morgan fingerprint density at radius 1 is 1.32 bits per heavy atom. The van der Waals surface area contributed by atoms with Gasteiger partial charge in [0.1, 0.15) is 0 Å². The third kappa shape index (κ3) is 3.73. The number of nitrogens with zero attached hydrogens (tertiary/aromatic N) is 1. The lowest BCUT2D eigenvalue weighted by molar-refractivity contribution is 0.480. The number of halogens is 1. The van der Waals surface area contributed by atoms with Crippen LogP contribution in [0.2, 0.25) is 0 Å². The van der Waals surface area contributed by atoms with Gasteiger partial charge in [-0.25, -0.2) is 0 Å². The van der Waals surface area contributed by atoms with Crippen LogP contribution in [0.1, 0.15) is 31.4 Å². The third-order valence-corrected chi connectivity index (χ3v) is 5.14. The molecule has 0 saturated carbocycles. The van der Waals surface area contributed by atoms with Gasteiger partial charge >= 0.3 is 0 Å². The summed E-state index contributed by atoms with van der Waals surface area (Å²) in [5.74, 6) is 0.784. The van der Waals surface area contributed by atoms with Crippen LogP contribution in [0.15, 0.2) is 16.6 Å². The van der Waals surface area contributed by atoms with Crippen molar-refractivity contribution >= 4 is 21.6 Å². The highest BCUT2D eigenvalue weighted by molar-refractivity contribution is 9.10. The molecule has 0 aromatic heterocycles. The van der Waals surface area contributed by atoms with Gasteiger partial charge in [0, 0.05) is 29.3 Å². The molecule has 106 valence electrons. The number of rotatable bonds is 4. The summed E-state index contributed by atoms with van der Waals surface area (Å²) in [7, 11) is 0. The lowest BCUT2D eigenvalue weighted by Crippen LogP contribution is -2.30. The van der Waals surface area contributed by atoms with E-state index >= 15 is 0 Å². The van der Waals surface area contributed by atoms with E-state index in [-0.39, 0.29) is 0 Å². The van der Waals surface area contributed by atoms with Gasteiger partial charge in [-0.05, 0) is 56.0 Å². The highest BCUT2D eigenvalue weighted by Gasteiger charge is 2.23. The molecule has 1 unspecified atom stereocenters. The van der Waals surface area contributed by atoms with Crippen LogP contribution in [-0.2, 0) is 0 Å². The topological polar surface area (TPSA) is 15.3 Å². The van der Waals surface area contributed by atoms with Crippen LogP contribution >= 0.6 is 15.9 Å². The van der Waals surface area contributed by atoms with Crippen LogP contribution in [-0.4, -0.2) is 25.7 Å². The highest BCUT2D eigenvalue weighted by atomic mass is 79.9. The van der Waals surface area contributed by atoms with Gasteiger partial charge in [0.25, 0.3) is 0 Å². The third-order valence-electron chi connectivity index (χ3n) is 3.89. The second-order valence-corrected chi connectivity index (χ2v) is 6.85. The van der Waals surface area contributed by atoms with E-state index in [0.717, 1.165) is 12.5 Å². The molecule has 0 radical (unpaired) electrons. The van der Waals surface area contributed by atoms with Crippen molar-refractivity contribution in [3.8, 4) is 0 Å². The normalized spacial score (nSPS) is 19.5. The largest absolute Gasteiger partial charge is 0.371 e. The molecule has 0 amide bonds. The van der Waals surface area contributed by atoms with Crippen molar-refractivity contribution in [3.05, 3.63) is 27.7 Å². The Hall–Kier alpha value is -0.540. The average molecular weight is 325 g/mol. The first-order valence-corrected chi connectivity index (χ1v) is 8.01. The molecule has 1 aliphatic rings. The number of benzene rings is 1. The minimum absolute atomic E-state index is 0.589. The smallest absolute Gasteiger partial charge is 0.0372 e. The van der Waals surface area contributed by atoms with Crippen molar-refractivity contribution in [3.63, 3.8) is 0 Å². The fourth-order valence-electron chi connectivity index (χ4n) is 2.74. The first-order chi connectivity index (χ1) is 8.97. The Morgan fingerprint density at radius 2 is 1.95 bits per heavy atom. The number of hydrogen-bond acceptors (Lipinski definition) is 2. The monoisotopic (exact) mass is 324 g/mol. The van der Waals surface area contributed by atoms with Gasteiger partial charge in [-0.2, -0.15) is 0 Å².